The van der Waals surface area contributed by atoms with Crippen molar-refractivity contribution in [1.82, 2.24) is 15.3 Å². The number of rotatable bonds is 6. The maximum atomic E-state index is 5.35. The Morgan fingerprint density at radius 1 is 1.25 bits per heavy atom. The summed E-state index contributed by atoms with van der Waals surface area (Å²) in [7, 11) is 1.69. The largest absolute Gasteiger partial charge is 0.497 e. The first kappa shape index (κ1) is 19.2. The quantitative estimate of drug-likeness (QED) is 0.677. The second-order valence-electron chi connectivity index (χ2n) is 7.66. The van der Waals surface area contributed by atoms with Gasteiger partial charge in [0.05, 0.1) is 18.3 Å². The normalized spacial score (nSPS) is 16.5. The van der Waals surface area contributed by atoms with Crippen molar-refractivity contribution in [3.8, 4) is 5.75 Å². The minimum Gasteiger partial charge on any atom is -0.497 e. The van der Waals surface area contributed by atoms with E-state index >= 15 is 0 Å². The molecule has 3 aromatic rings. The molecule has 3 heterocycles. The molecule has 1 fully saturated rings. The van der Waals surface area contributed by atoms with Gasteiger partial charge in [-0.3, -0.25) is 0 Å². The maximum absolute atomic E-state index is 5.35. The summed E-state index contributed by atoms with van der Waals surface area (Å²) in [5, 5.41) is 9.29. The molecule has 28 heavy (non-hydrogen) atoms. The molecule has 1 saturated heterocycles. The van der Waals surface area contributed by atoms with Crippen LogP contribution in [0.15, 0.2) is 35.0 Å². The van der Waals surface area contributed by atoms with Crippen molar-refractivity contribution in [3.05, 3.63) is 46.3 Å². The van der Waals surface area contributed by atoms with Crippen LogP contribution in [0.25, 0.3) is 10.9 Å². The second kappa shape index (κ2) is 8.45. The summed E-state index contributed by atoms with van der Waals surface area (Å²) in [5.41, 5.74) is 3.40. The number of anilines is 1. The summed E-state index contributed by atoms with van der Waals surface area (Å²) in [6.45, 7) is 6.31. The third-order valence-electron chi connectivity index (χ3n) is 5.50. The lowest BCUT2D eigenvalue weighted by molar-refractivity contribution is 0.373. The highest BCUT2D eigenvalue weighted by molar-refractivity contribution is 7.07. The van der Waals surface area contributed by atoms with Gasteiger partial charge in [0.25, 0.3) is 0 Å². The van der Waals surface area contributed by atoms with Crippen molar-refractivity contribution in [3.63, 3.8) is 0 Å². The van der Waals surface area contributed by atoms with Crippen molar-refractivity contribution < 1.29 is 4.74 Å². The van der Waals surface area contributed by atoms with Crippen LogP contribution in [-0.4, -0.2) is 42.3 Å². The van der Waals surface area contributed by atoms with Gasteiger partial charge in [0.2, 0.25) is 5.95 Å². The van der Waals surface area contributed by atoms with Crippen LogP contribution in [0.2, 0.25) is 0 Å². The third kappa shape index (κ3) is 4.28. The fraction of sp³-hybridized carbons (Fsp3) is 0.455. The third-order valence-corrected chi connectivity index (χ3v) is 6.23. The lowest BCUT2D eigenvalue weighted by atomic mass is 10.0. The summed E-state index contributed by atoms with van der Waals surface area (Å²) >= 11 is 1.77. The van der Waals surface area contributed by atoms with Crippen LogP contribution < -0.4 is 15.0 Å². The molecule has 1 aliphatic rings. The van der Waals surface area contributed by atoms with Crippen molar-refractivity contribution >= 4 is 28.2 Å². The smallest absolute Gasteiger partial charge is 0.226 e. The van der Waals surface area contributed by atoms with Crippen LogP contribution >= 0.6 is 11.3 Å². The first-order valence-corrected chi connectivity index (χ1v) is 10.9. The molecule has 0 radical (unpaired) electrons. The lowest BCUT2D eigenvalue weighted by Crippen LogP contribution is -2.46. The lowest BCUT2D eigenvalue weighted by Gasteiger charge is -2.34. The van der Waals surface area contributed by atoms with E-state index in [1.807, 2.05) is 18.2 Å². The van der Waals surface area contributed by atoms with Gasteiger partial charge in [-0.05, 0) is 67.6 Å². The Kier molecular flexibility index (Phi) is 5.78. The fourth-order valence-electron chi connectivity index (χ4n) is 3.99. The molecular formula is C22H28N4OS. The molecule has 6 heteroatoms. The SMILES string of the molecule is COc1ccc2c(C)nc(N3CCC(N[C@H](C)Cc4ccsc4)CC3)nc2c1. The number of aryl methyl sites for hydroxylation is 1. The van der Waals surface area contributed by atoms with E-state index in [2.05, 4.69) is 40.9 Å². The Morgan fingerprint density at radius 3 is 2.79 bits per heavy atom. The summed E-state index contributed by atoms with van der Waals surface area (Å²) in [6.07, 6.45) is 3.33. The van der Waals surface area contributed by atoms with E-state index in [1.54, 1.807) is 18.4 Å². The van der Waals surface area contributed by atoms with Crippen LogP contribution in [0.5, 0.6) is 5.75 Å². The molecule has 1 aromatic carbocycles. The van der Waals surface area contributed by atoms with E-state index in [0.29, 0.717) is 12.1 Å². The number of methoxy groups -OCH3 is 1. The summed E-state index contributed by atoms with van der Waals surface area (Å²) < 4.78 is 5.35. The summed E-state index contributed by atoms with van der Waals surface area (Å²) in [4.78, 5) is 11.9. The average molecular weight is 397 g/mol. The van der Waals surface area contributed by atoms with Gasteiger partial charge in [0, 0.05) is 36.6 Å². The van der Waals surface area contributed by atoms with Crippen molar-refractivity contribution in [2.45, 2.75) is 45.2 Å². The Bertz CT molecular complexity index is 920. The van der Waals surface area contributed by atoms with Gasteiger partial charge in [-0.1, -0.05) is 0 Å². The van der Waals surface area contributed by atoms with Gasteiger partial charge in [-0.25, -0.2) is 9.97 Å². The summed E-state index contributed by atoms with van der Waals surface area (Å²) in [6, 6.07) is 9.28. The molecule has 4 rings (SSSR count). The number of fused-ring (bicyclic) bond motifs is 1. The zero-order chi connectivity index (χ0) is 19.5. The topological polar surface area (TPSA) is 50.3 Å². The van der Waals surface area contributed by atoms with E-state index in [1.165, 1.54) is 5.56 Å². The molecule has 0 aliphatic carbocycles. The Morgan fingerprint density at radius 2 is 2.07 bits per heavy atom. The number of aromatic nitrogens is 2. The van der Waals surface area contributed by atoms with Gasteiger partial charge in [-0.15, -0.1) is 0 Å². The zero-order valence-corrected chi connectivity index (χ0v) is 17.6. The van der Waals surface area contributed by atoms with Crippen LogP contribution in [0.1, 0.15) is 31.0 Å². The number of nitrogens with zero attached hydrogens (tertiary/aromatic N) is 3. The molecule has 1 N–H and O–H groups in total. The molecule has 148 valence electrons. The standard InChI is InChI=1S/C22H28N4OS/c1-15(12-17-8-11-28-14-17)23-18-6-9-26(10-7-18)22-24-16(2)20-5-4-19(27-3)13-21(20)25-22/h4-5,8,11,13-15,18,23H,6-7,9-10,12H2,1-3H3/t15-/m1/s1. The highest BCUT2D eigenvalue weighted by Gasteiger charge is 2.22. The number of ether oxygens (including phenoxy) is 1. The Balaban J connectivity index is 1.39. The van der Waals surface area contributed by atoms with E-state index in [-0.39, 0.29) is 0 Å². The Hall–Kier alpha value is -2.18. The molecule has 0 bridgehead atoms. The Labute approximate surface area is 170 Å². The number of nitrogens with one attached hydrogen (secondary N) is 1. The highest BCUT2D eigenvalue weighted by Crippen LogP contribution is 2.25. The van der Waals surface area contributed by atoms with E-state index in [0.717, 1.165) is 60.6 Å². The number of hydrogen-bond acceptors (Lipinski definition) is 6. The number of thiophene rings is 1. The fourth-order valence-corrected chi connectivity index (χ4v) is 4.67. The first-order valence-electron chi connectivity index (χ1n) is 9.97. The molecule has 0 unspecified atom stereocenters. The predicted molar refractivity (Wildman–Crippen MR) is 117 cm³/mol. The van der Waals surface area contributed by atoms with Crippen molar-refractivity contribution in [2.24, 2.45) is 0 Å². The predicted octanol–water partition coefficient (Wildman–Crippen LogP) is 4.20. The van der Waals surface area contributed by atoms with Crippen LogP contribution in [0.3, 0.4) is 0 Å². The molecule has 1 atom stereocenters. The summed E-state index contributed by atoms with van der Waals surface area (Å²) in [5.74, 6) is 1.67. The van der Waals surface area contributed by atoms with Crippen molar-refractivity contribution in [2.75, 3.05) is 25.1 Å². The van der Waals surface area contributed by atoms with Gasteiger partial charge < -0.3 is 15.0 Å². The number of piperidine rings is 1. The molecular weight excluding hydrogens is 368 g/mol. The molecule has 5 nitrogen and oxygen atoms in total. The van der Waals surface area contributed by atoms with Gasteiger partial charge in [0.1, 0.15) is 5.75 Å². The van der Waals surface area contributed by atoms with Crippen molar-refractivity contribution in [1.29, 1.82) is 0 Å². The van der Waals surface area contributed by atoms with E-state index in [9.17, 15) is 0 Å². The maximum Gasteiger partial charge on any atom is 0.226 e. The minimum atomic E-state index is 0.498. The van der Waals surface area contributed by atoms with Crippen LogP contribution in [0, 0.1) is 6.92 Å². The van der Waals surface area contributed by atoms with Crippen LogP contribution in [0.4, 0.5) is 5.95 Å². The molecule has 0 saturated carbocycles. The van der Waals surface area contributed by atoms with Gasteiger partial charge in [0.15, 0.2) is 0 Å². The minimum absolute atomic E-state index is 0.498. The number of benzene rings is 1. The molecule has 1 aliphatic heterocycles. The number of hydrogen-bond donors (Lipinski definition) is 1. The monoisotopic (exact) mass is 396 g/mol. The molecule has 0 spiro atoms. The van der Waals surface area contributed by atoms with Gasteiger partial charge >= 0.3 is 0 Å². The van der Waals surface area contributed by atoms with Crippen LogP contribution in [-0.2, 0) is 6.42 Å². The zero-order valence-electron chi connectivity index (χ0n) is 16.8. The average Bonchev–Trinajstić information content (AvgIpc) is 3.20. The highest BCUT2D eigenvalue weighted by atomic mass is 32.1. The molecule has 2 aromatic heterocycles. The first-order chi connectivity index (χ1) is 13.6. The van der Waals surface area contributed by atoms with Gasteiger partial charge in [-0.2, -0.15) is 11.3 Å². The van der Waals surface area contributed by atoms with E-state index < -0.39 is 0 Å². The second-order valence-corrected chi connectivity index (χ2v) is 8.44. The van der Waals surface area contributed by atoms with E-state index in [4.69, 9.17) is 14.7 Å². The molecule has 0 amide bonds.